The monoisotopic (exact) mass is 680 g/mol. The van der Waals surface area contributed by atoms with E-state index in [9.17, 15) is 8.78 Å². The highest BCUT2D eigenvalue weighted by atomic mass is 28.4. The Kier molecular flexibility index (Phi) is 12.9. The predicted molar refractivity (Wildman–Crippen MR) is 161 cm³/mol. The largest absolute Gasteiger partial charge is 0.500 e. The number of halogens is 6. The molecule has 258 valence electrons. The summed E-state index contributed by atoms with van der Waals surface area (Å²) in [5.41, 5.74) is 1.43. The lowest BCUT2D eigenvalue weighted by molar-refractivity contribution is -0.273. The first-order chi connectivity index (χ1) is 21.8. The quantitative estimate of drug-likeness (QED) is 0.109. The van der Waals surface area contributed by atoms with Crippen molar-refractivity contribution in [2.75, 3.05) is 34.0 Å². The van der Waals surface area contributed by atoms with Crippen molar-refractivity contribution in [3.8, 4) is 23.0 Å². The van der Waals surface area contributed by atoms with Crippen LogP contribution in [0, 0.1) is 0 Å². The maximum Gasteiger partial charge on any atom is 0.500 e. The number of ether oxygens (including phenoxy) is 4. The van der Waals surface area contributed by atoms with Crippen molar-refractivity contribution in [3.63, 3.8) is 0 Å². The molecule has 0 saturated carbocycles. The minimum absolute atomic E-state index is 0.0955. The van der Waals surface area contributed by atoms with Crippen LogP contribution in [0.5, 0.6) is 23.0 Å². The van der Waals surface area contributed by atoms with Gasteiger partial charge in [0, 0.05) is 25.9 Å². The van der Waals surface area contributed by atoms with Crippen LogP contribution in [0.1, 0.15) is 58.1 Å². The first-order valence-electron chi connectivity index (χ1n) is 15.3. The van der Waals surface area contributed by atoms with E-state index >= 15 is 17.6 Å². The van der Waals surface area contributed by atoms with E-state index < -0.39 is 49.6 Å². The summed E-state index contributed by atoms with van der Waals surface area (Å²) in [5.74, 6) is -22.0. The fourth-order valence-corrected chi connectivity index (χ4v) is 7.62. The third kappa shape index (κ3) is 7.77. The standard InChI is InChI=1S/C32H42F6O7Si/c1-7-11-13-22-15-17-24(26(20-22)39-5)44-28-29(31(35,36)32(37,38)30(28,33)34)45-25-18-16-23(21-27(25)40-6)14-12-19-46(41-8-2,42-9-3)43-10-4/h15-18,20-21H,7-14,19H2,1-6H3. The molecule has 2 aromatic carbocycles. The van der Waals surface area contributed by atoms with E-state index in [0.717, 1.165) is 18.4 Å². The fourth-order valence-electron chi connectivity index (χ4n) is 5.00. The second kappa shape index (κ2) is 15.8. The van der Waals surface area contributed by atoms with E-state index in [4.69, 9.17) is 32.2 Å². The Hall–Kier alpha value is -2.94. The van der Waals surface area contributed by atoms with E-state index in [0.29, 0.717) is 50.7 Å². The molecule has 3 rings (SSSR count). The minimum atomic E-state index is -5.86. The Morgan fingerprint density at radius 2 is 1.00 bits per heavy atom. The number of rotatable bonds is 19. The van der Waals surface area contributed by atoms with E-state index in [1.54, 1.807) is 0 Å². The summed E-state index contributed by atoms with van der Waals surface area (Å²) in [5, 5.41) is 0. The Bertz CT molecular complexity index is 1320. The van der Waals surface area contributed by atoms with Crippen molar-refractivity contribution < 1.29 is 58.6 Å². The molecule has 0 spiro atoms. The van der Waals surface area contributed by atoms with Crippen LogP contribution in [0.25, 0.3) is 0 Å². The van der Waals surface area contributed by atoms with E-state index in [2.05, 4.69) is 0 Å². The number of unbranched alkanes of at least 4 members (excludes halogenated alkanes) is 1. The Morgan fingerprint density at radius 3 is 1.37 bits per heavy atom. The predicted octanol–water partition coefficient (Wildman–Crippen LogP) is 8.62. The number of alkyl halides is 6. The number of methoxy groups -OCH3 is 2. The number of aryl methyl sites for hydroxylation is 2. The molecule has 14 heteroatoms. The van der Waals surface area contributed by atoms with E-state index in [1.165, 1.54) is 50.6 Å². The lowest BCUT2D eigenvalue weighted by atomic mass is 10.1. The third-order valence-electron chi connectivity index (χ3n) is 7.31. The average molecular weight is 681 g/mol. The SMILES string of the molecule is CCCCc1ccc(OC2=C(Oc3ccc(CCC[Si](OCC)(OCC)OCC)cc3OC)C(F)(F)C(F)(F)C2(F)F)c(OC)c1. The maximum atomic E-state index is 15.1. The number of hydrogen-bond acceptors (Lipinski definition) is 7. The van der Waals surface area contributed by atoms with Gasteiger partial charge in [-0.1, -0.05) is 25.5 Å². The molecule has 2 aromatic rings. The fraction of sp³-hybridized carbons (Fsp3) is 0.562. The van der Waals surface area contributed by atoms with Gasteiger partial charge in [-0.2, -0.15) is 26.3 Å². The zero-order valence-electron chi connectivity index (χ0n) is 27.0. The molecule has 1 aliphatic carbocycles. The highest BCUT2D eigenvalue weighted by molar-refractivity contribution is 6.60. The summed E-state index contributed by atoms with van der Waals surface area (Å²) < 4.78 is 128. The van der Waals surface area contributed by atoms with Gasteiger partial charge in [-0.3, -0.25) is 0 Å². The summed E-state index contributed by atoms with van der Waals surface area (Å²) in [6.45, 7) is 8.74. The Balaban J connectivity index is 1.94. The van der Waals surface area contributed by atoms with Crippen LogP contribution < -0.4 is 18.9 Å². The van der Waals surface area contributed by atoms with Crippen LogP contribution in [0.3, 0.4) is 0 Å². The van der Waals surface area contributed by atoms with E-state index in [1.807, 2.05) is 27.7 Å². The lowest BCUT2D eigenvalue weighted by Crippen LogP contribution is -2.50. The summed E-state index contributed by atoms with van der Waals surface area (Å²) in [6.07, 6.45) is 3.35. The van der Waals surface area contributed by atoms with Gasteiger partial charge in [-0.15, -0.1) is 0 Å². The van der Waals surface area contributed by atoms with Crippen LogP contribution in [0.15, 0.2) is 47.9 Å². The van der Waals surface area contributed by atoms with Crippen LogP contribution in [-0.2, 0) is 26.1 Å². The Morgan fingerprint density at radius 1 is 0.587 bits per heavy atom. The zero-order valence-corrected chi connectivity index (χ0v) is 28.0. The molecule has 0 saturated heterocycles. The molecule has 0 N–H and O–H groups in total. The van der Waals surface area contributed by atoms with Gasteiger partial charge in [0.2, 0.25) is 11.5 Å². The van der Waals surface area contributed by atoms with Crippen molar-refractivity contribution in [2.24, 2.45) is 0 Å². The molecule has 0 aromatic heterocycles. The number of hydrogen-bond donors (Lipinski definition) is 0. The van der Waals surface area contributed by atoms with Gasteiger partial charge in [-0.25, -0.2) is 0 Å². The minimum Gasteiger partial charge on any atom is -0.493 e. The Labute approximate surface area is 267 Å². The molecule has 7 nitrogen and oxygen atoms in total. The highest BCUT2D eigenvalue weighted by Crippen LogP contribution is 2.60. The molecule has 0 unspecified atom stereocenters. The van der Waals surface area contributed by atoms with Crippen LogP contribution in [-0.4, -0.2) is 60.6 Å². The van der Waals surface area contributed by atoms with Crippen LogP contribution in [0.2, 0.25) is 6.04 Å². The average Bonchev–Trinajstić information content (AvgIpc) is 3.11. The molecule has 0 aliphatic heterocycles. The lowest BCUT2D eigenvalue weighted by Gasteiger charge is -2.28. The molecule has 0 heterocycles. The summed E-state index contributed by atoms with van der Waals surface area (Å²) in [4.78, 5) is 0. The van der Waals surface area contributed by atoms with Gasteiger partial charge in [0.25, 0.3) is 0 Å². The van der Waals surface area contributed by atoms with Crippen LogP contribution >= 0.6 is 0 Å². The summed E-state index contributed by atoms with van der Waals surface area (Å²) in [6, 6.07) is 8.81. The number of allylic oxidation sites excluding steroid dienone is 2. The summed E-state index contributed by atoms with van der Waals surface area (Å²) >= 11 is 0. The molecule has 46 heavy (non-hydrogen) atoms. The zero-order chi connectivity index (χ0) is 34.2. The summed E-state index contributed by atoms with van der Waals surface area (Å²) in [7, 11) is -0.498. The van der Waals surface area contributed by atoms with Crippen molar-refractivity contribution in [1.29, 1.82) is 0 Å². The third-order valence-corrected chi connectivity index (χ3v) is 10.5. The molecular formula is C32H42F6O7Si. The van der Waals surface area contributed by atoms with Gasteiger partial charge in [-0.05, 0) is 81.8 Å². The van der Waals surface area contributed by atoms with Gasteiger partial charge in [0.1, 0.15) is 0 Å². The molecule has 0 radical (unpaired) electrons. The molecule has 1 aliphatic rings. The smallest absolute Gasteiger partial charge is 0.493 e. The van der Waals surface area contributed by atoms with Gasteiger partial charge < -0.3 is 32.2 Å². The van der Waals surface area contributed by atoms with Crippen molar-refractivity contribution in [3.05, 3.63) is 59.0 Å². The van der Waals surface area contributed by atoms with Crippen molar-refractivity contribution in [1.82, 2.24) is 0 Å². The molecule has 0 bridgehead atoms. The van der Waals surface area contributed by atoms with Crippen molar-refractivity contribution >= 4 is 8.80 Å². The number of benzene rings is 2. The van der Waals surface area contributed by atoms with Crippen LogP contribution in [0.4, 0.5) is 26.3 Å². The first-order valence-corrected chi connectivity index (χ1v) is 17.2. The molecule has 0 amide bonds. The highest BCUT2D eigenvalue weighted by Gasteiger charge is 2.83. The van der Waals surface area contributed by atoms with Crippen molar-refractivity contribution in [2.45, 2.75) is 83.6 Å². The van der Waals surface area contributed by atoms with E-state index in [-0.39, 0.29) is 11.5 Å². The molecular weight excluding hydrogens is 638 g/mol. The first kappa shape index (κ1) is 37.5. The van der Waals surface area contributed by atoms with Gasteiger partial charge in [0.15, 0.2) is 23.0 Å². The maximum absolute atomic E-state index is 15.1. The van der Waals surface area contributed by atoms with Gasteiger partial charge in [0.05, 0.1) is 14.2 Å². The molecule has 0 atom stereocenters. The second-order valence-electron chi connectivity index (χ2n) is 10.5. The second-order valence-corrected chi connectivity index (χ2v) is 13.2. The normalized spacial score (nSPS) is 16.9. The molecule has 0 fully saturated rings. The van der Waals surface area contributed by atoms with Gasteiger partial charge >= 0.3 is 26.6 Å². The topological polar surface area (TPSA) is 64.6 Å².